The summed E-state index contributed by atoms with van der Waals surface area (Å²) in [7, 11) is 0. The van der Waals surface area contributed by atoms with Gasteiger partial charge in [0.15, 0.2) is 11.6 Å². The second-order valence-electron chi connectivity index (χ2n) is 10.1. The first kappa shape index (κ1) is 23.6. The Hall–Kier alpha value is -4.50. The highest BCUT2D eigenvalue weighted by Gasteiger charge is 2.21. The van der Waals surface area contributed by atoms with E-state index in [0.29, 0.717) is 34.5 Å². The zero-order chi connectivity index (χ0) is 26.2. The minimum Gasteiger partial charge on any atom is -0.337 e. The molecule has 0 aliphatic heterocycles. The van der Waals surface area contributed by atoms with Crippen LogP contribution < -0.4 is 5.32 Å². The Morgan fingerprint density at radius 1 is 0.949 bits per heavy atom. The molecule has 0 radical (unpaired) electrons. The maximum atomic E-state index is 16.1. The van der Waals surface area contributed by atoms with Gasteiger partial charge in [0.05, 0.1) is 33.8 Å². The lowest BCUT2D eigenvalue weighted by Gasteiger charge is -2.11. The summed E-state index contributed by atoms with van der Waals surface area (Å²) in [6, 6.07) is 13.6. The van der Waals surface area contributed by atoms with Crippen molar-refractivity contribution < 1.29 is 4.39 Å². The molecule has 0 unspecified atom stereocenters. The second-order valence-corrected chi connectivity index (χ2v) is 10.1. The fourth-order valence-corrected chi connectivity index (χ4v) is 5.57. The van der Waals surface area contributed by atoms with Crippen molar-refractivity contribution in [2.24, 2.45) is 5.92 Å². The van der Waals surface area contributed by atoms with Gasteiger partial charge in [-0.05, 0) is 55.1 Å². The van der Waals surface area contributed by atoms with Crippen molar-refractivity contribution in [3.63, 3.8) is 0 Å². The number of aromatic amines is 2. The van der Waals surface area contributed by atoms with E-state index in [0.717, 1.165) is 40.3 Å². The Balaban J connectivity index is 1.24. The Kier molecular flexibility index (Phi) is 6.05. The van der Waals surface area contributed by atoms with Crippen molar-refractivity contribution in [3.05, 3.63) is 78.6 Å². The van der Waals surface area contributed by atoms with Crippen LogP contribution in [0.5, 0.6) is 0 Å². The van der Waals surface area contributed by atoms with E-state index in [1.807, 2.05) is 48.7 Å². The highest BCUT2D eigenvalue weighted by atomic mass is 19.1. The summed E-state index contributed by atoms with van der Waals surface area (Å²) in [6.07, 6.45) is 12.1. The van der Waals surface area contributed by atoms with E-state index in [4.69, 9.17) is 4.98 Å². The van der Waals surface area contributed by atoms with Crippen LogP contribution in [0.4, 0.5) is 4.39 Å². The molecule has 9 heteroatoms. The van der Waals surface area contributed by atoms with E-state index in [1.165, 1.54) is 25.7 Å². The monoisotopic (exact) mass is 518 g/mol. The first-order valence-electron chi connectivity index (χ1n) is 13.3. The molecule has 0 spiro atoms. The Morgan fingerprint density at radius 2 is 1.87 bits per heavy atom. The number of aromatic nitrogens is 7. The van der Waals surface area contributed by atoms with Crippen LogP contribution in [0.25, 0.3) is 56.0 Å². The molecule has 6 aromatic rings. The molecule has 1 aromatic carbocycles. The van der Waals surface area contributed by atoms with Gasteiger partial charge in [-0.1, -0.05) is 31.0 Å². The molecular weight excluding hydrogens is 491 g/mol. The molecule has 39 heavy (non-hydrogen) atoms. The van der Waals surface area contributed by atoms with E-state index < -0.39 is 5.82 Å². The minimum atomic E-state index is -0.459. The molecule has 194 valence electrons. The molecule has 8 nitrogen and oxygen atoms in total. The summed E-state index contributed by atoms with van der Waals surface area (Å²) >= 11 is 0. The quantitative estimate of drug-likeness (QED) is 0.238. The van der Waals surface area contributed by atoms with Gasteiger partial charge in [-0.3, -0.25) is 20.1 Å². The summed E-state index contributed by atoms with van der Waals surface area (Å²) in [5, 5.41) is 11.2. The molecule has 1 aliphatic carbocycles. The van der Waals surface area contributed by atoms with E-state index >= 15 is 4.39 Å². The molecule has 5 aromatic heterocycles. The average Bonchev–Trinajstić information content (AvgIpc) is 3.73. The third-order valence-corrected chi connectivity index (χ3v) is 7.53. The van der Waals surface area contributed by atoms with E-state index in [2.05, 4.69) is 35.5 Å². The topological polar surface area (TPSA) is 108 Å². The predicted molar refractivity (Wildman–Crippen MR) is 149 cm³/mol. The van der Waals surface area contributed by atoms with Crippen LogP contribution in [0.15, 0.2) is 67.3 Å². The molecule has 0 atom stereocenters. The van der Waals surface area contributed by atoms with Crippen LogP contribution >= 0.6 is 0 Å². The Bertz CT molecular complexity index is 1770. The molecule has 7 rings (SSSR count). The normalized spacial score (nSPS) is 14.1. The summed E-state index contributed by atoms with van der Waals surface area (Å²) in [5.41, 5.74) is 6.04. The predicted octanol–water partition coefficient (Wildman–Crippen LogP) is 6.04. The summed E-state index contributed by atoms with van der Waals surface area (Å²) in [6.45, 7) is 1.69. The molecule has 1 aliphatic rings. The third-order valence-electron chi connectivity index (χ3n) is 7.53. The zero-order valence-electron chi connectivity index (χ0n) is 21.3. The lowest BCUT2D eigenvalue weighted by Crippen LogP contribution is -2.20. The summed E-state index contributed by atoms with van der Waals surface area (Å²) < 4.78 is 16.1. The molecule has 1 fully saturated rings. The molecule has 0 amide bonds. The smallest absolute Gasteiger partial charge is 0.161 e. The number of H-pyrrole nitrogens is 2. The van der Waals surface area contributed by atoms with Crippen molar-refractivity contribution in [3.8, 4) is 34.0 Å². The Morgan fingerprint density at radius 3 is 2.74 bits per heavy atom. The summed E-state index contributed by atoms with van der Waals surface area (Å²) in [5.74, 6) is 0.763. The van der Waals surface area contributed by atoms with Gasteiger partial charge in [-0.15, -0.1) is 0 Å². The first-order chi connectivity index (χ1) is 19.2. The largest absolute Gasteiger partial charge is 0.337 e. The van der Waals surface area contributed by atoms with Crippen molar-refractivity contribution in [2.45, 2.75) is 32.2 Å². The van der Waals surface area contributed by atoms with Crippen molar-refractivity contribution in [1.29, 1.82) is 0 Å². The molecule has 0 saturated heterocycles. The van der Waals surface area contributed by atoms with Gasteiger partial charge in [0.1, 0.15) is 11.4 Å². The number of para-hydroxylation sites is 1. The van der Waals surface area contributed by atoms with Crippen LogP contribution in [-0.4, -0.2) is 41.7 Å². The maximum absolute atomic E-state index is 16.1. The van der Waals surface area contributed by atoms with Gasteiger partial charge in [-0.2, -0.15) is 5.10 Å². The standard InChI is InChI=1S/C30H27FN8/c31-26-25-24(17-35-27(26)20-12-19(15-33-16-20)14-32-13-18-6-1-2-7-18)38-39-29(25)30-36-23-10-5-8-21(28(23)37-30)22-9-3-4-11-34-22/h3-5,8-12,15-18,32H,1-2,6-7,13-14H2,(H,36,37)(H,38,39). The molecule has 0 bridgehead atoms. The van der Waals surface area contributed by atoms with Crippen molar-refractivity contribution >= 4 is 21.9 Å². The minimum absolute atomic E-state index is 0.237. The number of pyridine rings is 3. The number of hydrogen-bond donors (Lipinski definition) is 3. The number of nitrogens with one attached hydrogen (secondary N) is 3. The van der Waals surface area contributed by atoms with Crippen molar-refractivity contribution in [1.82, 2.24) is 40.4 Å². The number of nitrogens with zero attached hydrogens (tertiary/aromatic N) is 5. The van der Waals surface area contributed by atoms with Crippen molar-refractivity contribution in [2.75, 3.05) is 6.54 Å². The number of benzene rings is 1. The van der Waals surface area contributed by atoms with Crippen LogP contribution in [0, 0.1) is 11.7 Å². The molecular formula is C30H27FN8. The van der Waals surface area contributed by atoms with E-state index in [9.17, 15) is 0 Å². The first-order valence-corrected chi connectivity index (χ1v) is 13.3. The van der Waals surface area contributed by atoms with Gasteiger partial charge < -0.3 is 10.3 Å². The van der Waals surface area contributed by atoms with Gasteiger partial charge in [0.25, 0.3) is 0 Å². The van der Waals surface area contributed by atoms with Gasteiger partial charge in [0.2, 0.25) is 0 Å². The van der Waals surface area contributed by atoms with Gasteiger partial charge in [0, 0.05) is 36.3 Å². The highest BCUT2D eigenvalue weighted by molar-refractivity contribution is 5.97. The number of hydrogen-bond acceptors (Lipinski definition) is 6. The lowest BCUT2D eigenvalue weighted by molar-refractivity contribution is 0.489. The SMILES string of the molecule is Fc1c(-c2cncc(CNCC3CCCC3)c2)ncc2[nH]nc(-c3nc4c(-c5ccccn5)cccc4[nH]3)c12. The average molecular weight is 519 g/mol. The summed E-state index contributed by atoms with van der Waals surface area (Å²) in [4.78, 5) is 21.4. The molecule has 5 heterocycles. The van der Waals surface area contributed by atoms with Crippen LogP contribution in [0.2, 0.25) is 0 Å². The molecule has 1 saturated carbocycles. The highest BCUT2D eigenvalue weighted by Crippen LogP contribution is 2.34. The number of halogens is 1. The van der Waals surface area contributed by atoms with Gasteiger partial charge in [-0.25, -0.2) is 9.37 Å². The fraction of sp³-hybridized carbons (Fsp3) is 0.233. The molecule has 3 N–H and O–H groups in total. The van der Waals surface area contributed by atoms with Gasteiger partial charge >= 0.3 is 0 Å². The van der Waals surface area contributed by atoms with E-state index in [1.54, 1.807) is 18.6 Å². The second kappa shape index (κ2) is 9.99. The number of imidazole rings is 1. The third kappa shape index (κ3) is 4.44. The Labute approximate surface area is 224 Å². The lowest BCUT2D eigenvalue weighted by atomic mass is 10.1. The number of rotatable bonds is 7. The number of fused-ring (bicyclic) bond motifs is 2. The van der Waals surface area contributed by atoms with Crippen LogP contribution in [0.1, 0.15) is 31.2 Å². The zero-order valence-corrected chi connectivity index (χ0v) is 21.3. The fourth-order valence-electron chi connectivity index (χ4n) is 5.57. The maximum Gasteiger partial charge on any atom is 0.161 e. The van der Waals surface area contributed by atoms with Crippen LogP contribution in [-0.2, 0) is 6.54 Å². The van der Waals surface area contributed by atoms with E-state index in [-0.39, 0.29) is 5.69 Å². The van der Waals surface area contributed by atoms with Crippen LogP contribution in [0.3, 0.4) is 0 Å².